The number of hydrogen-bond acceptors (Lipinski definition) is 4. The van der Waals surface area contributed by atoms with Crippen LogP contribution in [0.15, 0.2) is 34.7 Å². The molecule has 2 atom stereocenters. The van der Waals surface area contributed by atoms with Crippen LogP contribution in [0, 0.1) is 5.92 Å². The van der Waals surface area contributed by atoms with Crippen molar-refractivity contribution < 1.29 is 18.7 Å². The van der Waals surface area contributed by atoms with Crippen LogP contribution in [0.5, 0.6) is 5.75 Å². The third-order valence-corrected chi connectivity index (χ3v) is 4.76. The Hall–Kier alpha value is -2.76. The highest BCUT2D eigenvalue weighted by atomic mass is 16.5. The van der Waals surface area contributed by atoms with Gasteiger partial charge in [-0.15, -0.1) is 0 Å². The van der Waals surface area contributed by atoms with Gasteiger partial charge < -0.3 is 19.4 Å². The molecule has 0 radical (unpaired) electrons. The summed E-state index contributed by atoms with van der Waals surface area (Å²) in [6.07, 6.45) is 1.17. The predicted octanol–water partition coefficient (Wildman–Crippen LogP) is 3.01. The molecule has 1 aromatic heterocycles. The number of amides is 2. The van der Waals surface area contributed by atoms with Crippen molar-refractivity contribution in [1.29, 1.82) is 0 Å². The Morgan fingerprint density at radius 1 is 1.32 bits per heavy atom. The molecule has 0 saturated heterocycles. The van der Waals surface area contributed by atoms with Crippen molar-refractivity contribution in [2.24, 2.45) is 5.92 Å². The van der Waals surface area contributed by atoms with E-state index in [1.165, 1.54) is 6.42 Å². The molecule has 2 heterocycles. The zero-order chi connectivity index (χ0) is 17.6. The van der Waals surface area contributed by atoms with Crippen LogP contribution in [0.1, 0.15) is 41.1 Å². The molecule has 1 fully saturated rings. The number of rotatable bonds is 4. The molecular formula is C19H20N2O4. The predicted molar refractivity (Wildman–Crippen MR) is 91.6 cm³/mol. The molecular weight excluding hydrogens is 320 g/mol. The zero-order valence-electron chi connectivity index (χ0n) is 14.2. The second-order valence-electron chi connectivity index (χ2n) is 6.83. The highest BCUT2D eigenvalue weighted by Crippen LogP contribution is 2.47. The van der Waals surface area contributed by atoms with E-state index in [2.05, 4.69) is 12.2 Å². The van der Waals surface area contributed by atoms with Crippen LogP contribution in [-0.2, 0) is 11.3 Å². The van der Waals surface area contributed by atoms with E-state index in [9.17, 15) is 9.59 Å². The minimum atomic E-state index is -0.192. The quantitative estimate of drug-likeness (QED) is 0.929. The maximum Gasteiger partial charge on any atom is 0.262 e. The lowest BCUT2D eigenvalue weighted by Crippen LogP contribution is -2.28. The average molecular weight is 340 g/mol. The smallest absolute Gasteiger partial charge is 0.262 e. The van der Waals surface area contributed by atoms with Crippen molar-refractivity contribution in [2.45, 2.75) is 25.8 Å². The Bertz CT molecular complexity index is 842. The number of anilines is 1. The van der Waals surface area contributed by atoms with Crippen LogP contribution >= 0.6 is 0 Å². The maximum absolute atomic E-state index is 12.6. The number of carbonyl (C=O) groups excluding carboxylic acids is 2. The monoisotopic (exact) mass is 340 g/mol. The molecule has 6 nitrogen and oxygen atoms in total. The van der Waals surface area contributed by atoms with E-state index in [1.807, 2.05) is 12.1 Å². The third-order valence-electron chi connectivity index (χ3n) is 4.76. The molecule has 0 spiro atoms. The first-order chi connectivity index (χ1) is 12.0. The summed E-state index contributed by atoms with van der Waals surface area (Å²) in [5.41, 5.74) is 1.10. The first-order valence-corrected chi connectivity index (χ1v) is 8.42. The molecule has 4 rings (SSSR count). The Kier molecular flexibility index (Phi) is 3.75. The molecule has 25 heavy (non-hydrogen) atoms. The largest absolute Gasteiger partial charge is 0.482 e. The minimum Gasteiger partial charge on any atom is -0.482 e. The van der Waals surface area contributed by atoms with E-state index in [0.717, 1.165) is 11.5 Å². The molecule has 1 N–H and O–H groups in total. The van der Waals surface area contributed by atoms with Gasteiger partial charge in [-0.3, -0.25) is 9.59 Å². The number of furan rings is 1. The van der Waals surface area contributed by atoms with Gasteiger partial charge in [0, 0.05) is 18.5 Å². The summed E-state index contributed by atoms with van der Waals surface area (Å²) >= 11 is 0. The summed E-state index contributed by atoms with van der Waals surface area (Å²) in [7, 11) is 1.74. The van der Waals surface area contributed by atoms with Crippen LogP contribution in [0.3, 0.4) is 0 Å². The second kappa shape index (κ2) is 5.95. The second-order valence-corrected chi connectivity index (χ2v) is 6.83. The van der Waals surface area contributed by atoms with E-state index in [-0.39, 0.29) is 18.4 Å². The molecule has 1 aliphatic heterocycles. The molecule has 1 aliphatic carbocycles. The van der Waals surface area contributed by atoms with Gasteiger partial charge in [0.1, 0.15) is 17.3 Å². The first-order valence-electron chi connectivity index (χ1n) is 8.42. The SMILES string of the molecule is CC1CC1c1ccc(CN(C)C(=O)c2ccc3c(c2)OCC(=O)N3)o1. The van der Waals surface area contributed by atoms with Gasteiger partial charge in [-0.25, -0.2) is 0 Å². The molecule has 2 aromatic rings. The number of nitrogens with one attached hydrogen (secondary N) is 1. The van der Waals surface area contributed by atoms with Crippen molar-refractivity contribution in [3.8, 4) is 5.75 Å². The van der Waals surface area contributed by atoms with Gasteiger partial charge in [-0.2, -0.15) is 0 Å². The average Bonchev–Trinajstić information content (AvgIpc) is 3.15. The van der Waals surface area contributed by atoms with Crippen molar-refractivity contribution in [3.05, 3.63) is 47.4 Å². The molecule has 1 saturated carbocycles. The summed E-state index contributed by atoms with van der Waals surface area (Å²) in [6.45, 7) is 2.59. The van der Waals surface area contributed by atoms with E-state index in [4.69, 9.17) is 9.15 Å². The van der Waals surface area contributed by atoms with Crippen LogP contribution in [0.2, 0.25) is 0 Å². The van der Waals surface area contributed by atoms with E-state index in [0.29, 0.717) is 35.4 Å². The van der Waals surface area contributed by atoms with Gasteiger partial charge in [0.15, 0.2) is 6.61 Å². The zero-order valence-corrected chi connectivity index (χ0v) is 14.2. The van der Waals surface area contributed by atoms with Gasteiger partial charge in [0.05, 0.1) is 12.2 Å². The number of nitrogens with zero attached hydrogens (tertiary/aromatic N) is 1. The molecule has 6 heteroatoms. The van der Waals surface area contributed by atoms with Crippen LogP contribution in [0.4, 0.5) is 5.69 Å². The Morgan fingerprint density at radius 2 is 2.12 bits per heavy atom. The van der Waals surface area contributed by atoms with Gasteiger partial charge in [-0.05, 0) is 42.7 Å². The summed E-state index contributed by atoms with van der Waals surface area (Å²) in [4.78, 5) is 25.6. The fourth-order valence-corrected chi connectivity index (χ4v) is 3.13. The molecule has 2 aliphatic rings. The number of hydrogen-bond donors (Lipinski definition) is 1. The highest BCUT2D eigenvalue weighted by Gasteiger charge is 2.36. The van der Waals surface area contributed by atoms with Crippen molar-refractivity contribution >= 4 is 17.5 Å². The van der Waals surface area contributed by atoms with Gasteiger partial charge in [-0.1, -0.05) is 6.92 Å². The summed E-state index contributed by atoms with van der Waals surface area (Å²) < 4.78 is 11.2. The Labute approximate surface area is 145 Å². The lowest BCUT2D eigenvalue weighted by Gasteiger charge is -2.20. The van der Waals surface area contributed by atoms with Crippen molar-refractivity contribution in [3.63, 3.8) is 0 Å². The molecule has 2 amide bonds. The maximum atomic E-state index is 12.6. The lowest BCUT2D eigenvalue weighted by molar-refractivity contribution is -0.118. The van der Waals surface area contributed by atoms with Crippen LogP contribution in [0.25, 0.3) is 0 Å². The third kappa shape index (κ3) is 3.12. The highest BCUT2D eigenvalue weighted by molar-refractivity contribution is 5.98. The Morgan fingerprint density at radius 3 is 2.88 bits per heavy atom. The summed E-state index contributed by atoms with van der Waals surface area (Å²) in [5.74, 6) is 3.22. The summed E-state index contributed by atoms with van der Waals surface area (Å²) in [6, 6.07) is 8.99. The first kappa shape index (κ1) is 15.7. The van der Waals surface area contributed by atoms with Crippen molar-refractivity contribution in [2.75, 3.05) is 19.0 Å². The van der Waals surface area contributed by atoms with E-state index in [1.54, 1.807) is 30.1 Å². The summed E-state index contributed by atoms with van der Waals surface area (Å²) in [5, 5.41) is 2.71. The molecule has 2 unspecified atom stereocenters. The van der Waals surface area contributed by atoms with E-state index < -0.39 is 0 Å². The number of ether oxygens (including phenoxy) is 1. The standard InChI is InChI=1S/C19H20N2O4/c1-11-7-14(11)16-6-4-13(25-16)9-21(2)19(23)12-3-5-15-17(8-12)24-10-18(22)20-15/h3-6,8,11,14H,7,9-10H2,1-2H3,(H,20,22). The normalized spacial score (nSPS) is 21.1. The number of carbonyl (C=O) groups is 2. The van der Waals surface area contributed by atoms with Gasteiger partial charge in [0.25, 0.3) is 11.8 Å². The number of fused-ring (bicyclic) bond motifs is 1. The fraction of sp³-hybridized carbons (Fsp3) is 0.368. The molecule has 130 valence electrons. The molecule has 0 bridgehead atoms. The lowest BCUT2D eigenvalue weighted by atomic mass is 10.1. The fourth-order valence-electron chi connectivity index (χ4n) is 3.13. The Balaban J connectivity index is 1.45. The minimum absolute atomic E-state index is 0.0325. The van der Waals surface area contributed by atoms with Gasteiger partial charge in [0.2, 0.25) is 0 Å². The van der Waals surface area contributed by atoms with Crippen LogP contribution in [-0.4, -0.2) is 30.4 Å². The topological polar surface area (TPSA) is 71.8 Å². The van der Waals surface area contributed by atoms with Crippen LogP contribution < -0.4 is 10.1 Å². The molecule has 1 aromatic carbocycles. The number of benzene rings is 1. The van der Waals surface area contributed by atoms with Crippen molar-refractivity contribution in [1.82, 2.24) is 4.90 Å². The van der Waals surface area contributed by atoms with Gasteiger partial charge >= 0.3 is 0 Å². The van der Waals surface area contributed by atoms with E-state index >= 15 is 0 Å².